The topological polar surface area (TPSA) is 58.6 Å². The Balaban J connectivity index is 2.32. The first-order valence-electron chi connectivity index (χ1n) is 6.20. The summed E-state index contributed by atoms with van der Waals surface area (Å²) in [4.78, 5) is 11.6. The predicted molar refractivity (Wildman–Crippen MR) is 70.4 cm³/mol. The third-order valence-electron chi connectivity index (χ3n) is 2.45. The molecule has 1 aromatic carbocycles. The van der Waals surface area contributed by atoms with Crippen molar-refractivity contribution in [1.29, 1.82) is 0 Å². The summed E-state index contributed by atoms with van der Waals surface area (Å²) in [6.07, 6.45) is 0.758. The molecule has 100 valence electrons. The Labute approximate surface area is 108 Å². The summed E-state index contributed by atoms with van der Waals surface area (Å²) in [5, 5.41) is 11.9. The van der Waals surface area contributed by atoms with Crippen molar-refractivity contribution >= 4 is 5.91 Å². The van der Waals surface area contributed by atoms with Gasteiger partial charge >= 0.3 is 0 Å². The van der Waals surface area contributed by atoms with Crippen molar-refractivity contribution in [2.75, 3.05) is 13.2 Å². The van der Waals surface area contributed by atoms with Crippen LogP contribution in [0.1, 0.15) is 20.3 Å². The van der Waals surface area contributed by atoms with E-state index in [1.165, 1.54) is 0 Å². The van der Waals surface area contributed by atoms with E-state index in [4.69, 9.17) is 9.84 Å². The van der Waals surface area contributed by atoms with Crippen molar-refractivity contribution in [3.63, 3.8) is 0 Å². The Kier molecular flexibility index (Phi) is 6.22. The van der Waals surface area contributed by atoms with Crippen molar-refractivity contribution in [3.05, 3.63) is 30.3 Å². The maximum absolute atomic E-state index is 11.6. The van der Waals surface area contributed by atoms with Gasteiger partial charge in [-0.1, -0.05) is 32.0 Å². The standard InChI is InChI=1S/C14H21NO3/c1-11(2)8-12(9-16)15-14(17)10-18-13-6-4-3-5-7-13/h3-7,11-12,16H,8-10H2,1-2H3,(H,15,17). The Bertz CT molecular complexity index is 351. The average Bonchev–Trinajstić information content (AvgIpc) is 2.36. The molecule has 1 amide bonds. The van der Waals surface area contributed by atoms with Gasteiger partial charge in [-0.2, -0.15) is 0 Å². The minimum atomic E-state index is -0.210. The monoisotopic (exact) mass is 251 g/mol. The van der Waals surface area contributed by atoms with Crippen LogP contribution in [0.5, 0.6) is 5.75 Å². The summed E-state index contributed by atoms with van der Waals surface area (Å²) in [5.74, 6) is 0.883. The van der Waals surface area contributed by atoms with Crippen molar-refractivity contribution < 1.29 is 14.6 Å². The molecule has 0 spiro atoms. The highest BCUT2D eigenvalue weighted by atomic mass is 16.5. The van der Waals surface area contributed by atoms with Crippen molar-refractivity contribution in [1.82, 2.24) is 5.32 Å². The third kappa shape index (κ3) is 5.68. The summed E-state index contributed by atoms with van der Waals surface area (Å²) in [5.41, 5.74) is 0. The zero-order valence-corrected chi connectivity index (χ0v) is 10.9. The summed E-state index contributed by atoms with van der Waals surface area (Å²) >= 11 is 0. The normalized spacial score (nSPS) is 12.2. The maximum atomic E-state index is 11.6. The maximum Gasteiger partial charge on any atom is 0.258 e. The molecule has 0 fully saturated rings. The molecule has 0 aliphatic heterocycles. The van der Waals surface area contributed by atoms with Crippen LogP contribution in [0, 0.1) is 5.92 Å². The Hall–Kier alpha value is -1.55. The van der Waals surface area contributed by atoms with Gasteiger partial charge in [0.05, 0.1) is 12.6 Å². The molecule has 18 heavy (non-hydrogen) atoms. The van der Waals surface area contributed by atoms with E-state index >= 15 is 0 Å². The van der Waals surface area contributed by atoms with E-state index < -0.39 is 0 Å². The van der Waals surface area contributed by atoms with Crippen molar-refractivity contribution in [3.8, 4) is 5.75 Å². The highest BCUT2D eigenvalue weighted by Crippen LogP contribution is 2.08. The number of hydrogen-bond acceptors (Lipinski definition) is 3. The van der Waals surface area contributed by atoms with Crippen LogP contribution in [-0.2, 0) is 4.79 Å². The molecule has 0 aromatic heterocycles. The van der Waals surface area contributed by atoms with Crippen molar-refractivity contribution in [2.24, 2.45) is 5.92 Å². The van der Waals surface area contributed by atoms with Gasteiger partial charge in [-0.3, -0.25) is 4.79 Å². The van der Waals surface area contributed by atoms with Gasteiger partial charge < -0.3 is 15.2 Å². The molecule has 1 aromatic rings. The number of amides is 1. The van der Waals surface area contributed by atoms with Gasteiger partial charge in [0, 0.05) is 0 Å². The average molecular weight is 251 g/mol. The molecule has 0 saturated carbocycles. The van der Waals surface area contributed by atoms with E-state index in [1.807, 2.05) is 18.2 Å². The van der Waals surface area contributed by atoms with Crippen LogP contribution in [-0.4, -0.2) is 30.3 Å². The van der Waals surface area contributed by atoms with Gasteiger partial charge in [-0.15, -0.1) is 0 Å². The smallest absolute Gasteiger partial charge is 0.258 e. The number of rotatable bonds is 7. The van der Waals surface area contributed by atoms with Crippen LogP contribution >= 0.6 is 0 Å². The molecule has 4 nitrogen and oxygen atoms in total. The fourth-order valence-corrected chi connectivity index (χ4v) is 1.68. The number of carbonyl (C=O) groups is 1. The van der Waals surface area contributed by atoms with E-state index in [2.05, 4.69) is 19.2 Å². The summed E-state index contributed by atoms with van der Waals surface area (Å²) < 4.78 is 5.32. The highest BCUT2D eigenvalue weighted by Gasteiger charge is 2.13. The zero-order valence-electron chi connectivity index (χ0n) is 10.9. The summed E-state index contributed by atoms with van der Waals surface area (Å²) in [6, 6.07) is 8.98. The minimum absolute atomic E-state index is 0.0292. The van der Waals surface area contributed by atoms with Crippen LogP contribution in [0.25, 0.3) is 0 Å². The molecule has 1 atom stereocenters. The molecule has 0 saturated heterocycles. The minimum Gasteiger partial charge on any atom is -0.484 e. The lowest BCUT2D eigenvalue weighted by Gasteiger charge is -2.18. The first-order chi connectivity index (χ1) is 8.61. The Morgan fingerprint density at radius 3 is 2.56 bits per heavy atom. The number of para-hydroxylation sites is 1. The fraction of sp³-hybridized carbons (Fsp3) is 0.500. The van der Waals surface area contributed by atoms with Gasteiger partial charge in [-0.25, -0.2) is 0 Å². The van der Waals surface area contributed by atoms with E-state index in [9.17, 15) is 4.79 Å². The van der Waals surface area contributed by atoms with Crippen LogP contribution in [0.4, 0.5) is 0 Å². The number of aliphatic hydroxyl groups excluding tert-OH is 1. The summed E-state index contributed by atoms with van der Waals surface area (Å²) in [7, 11) is 0. The molecule has 4 heteroatoms. The predicted octanol–water partition coefficient (Wildman–Crippen LogP) is 1.59. The Morgan fingerprint density at radius 2 is 2.00 bits per heavy atom. The number of nitrogens with one attached hydrogen (secondary N) is 1. The molecule has 1 unspecified atom stereocenters. The number of aliphatic hydroxyl groups is 1. The largest absolute Gasteiger partial charge is 0.484 e. The number of benzene rings is 1. The second-order valence-corrected chi connectivity index (χ2v) is 4.68. The second kappa shape index (κ2) is 7.71. The fourth-order valence-electron chi connectivity index (χ4n) is 1.68. The van der Waals surface area contributed by atoms with E-state index in [0.717, 1.165) is 6.42 Å². The van der Waals surface area contributed by atoms with E-state index in [-0.39, 0.29) is 25.2 Å². The first kappa shape index (κ1) is 14.5. The molecule has 2 N–H and O–H groups in total. The molecular weight excluding hydrogens is 230 g/mol. The second-order valence-electron chi connectivity index (χ2n) is 4.68. The van der Waals surface area contributed by atoms with Gasteiger partial charge in [0.25, 0.3) is 5.91 Å². The van der Waals surface area contributed by atoms with Crippen molar-refractivity contribution in [2.45, 2.75) is 26.3 Å². The third-order valence-corrected chi connectivity index (χ3v) is 2.45. The number of ether oxygens (including phenoxy) is 1. The van der Waals surface area contributed by atoms with Gasteiger partial charge in [-0.05, 0) is 24.5 Å². The van der Waals surface area contributed by atoms with E-state index in [1.54, 1.807) is 12.1 Å². The van der Waals surface area contributed by atoms with Crippen LogP contribution < -0.4 is 10.1 Å². The van der Waals surface area contributed by atoms with Gasteiger partial charge in [0.2, 0.25) is 0 Å². The van der Waals surface area contributed by atoms with Crippen LogP contribution in [0.15, 0.2) is 30.3 Å². The Morgan fingerprint density at radius 1 is 1.33 bits per heavy atom. The lowest BCUT2D eigenvalue weighted by molar-refractivity contribution is -0.124. The summed E-state index contributed by atoms with van der Waals surface area (Å²) in [6.45, 7) is 4.03. The highest BCUT2D eigenvalue weighted by molar-refractivity contribution is 5.77. The SMILES string of the molecule is CC(C)CC(CO)NC(=O)COc1ccccc1. The quantitative estimate of drug-likeness (QED) is 0.773. The molecule has 0 aliphatic rings. The zero-order chi connectivity index (χ0) is 13.4. The first-order valence-corrected chi connectivity index (χ1v) is 6.20. The lowest BCUT2D eigenvalue weighted by atomic mass is 10.0. The van der Waals surface area contributed by atoms with Gasteiger partial charge in [0.15, 0.2) is 6.61 Å². The number of hydrogen-bond donors (Lipinski definition) is 2. The van der Waals surface area contributed by atoms with Crippen LogP contribution in [0.3, 0.4) is 0 Å². The lowest BCUT2D eigenvalue weighted by Crippen LogP contribution is -2.40. The molecule has 1 rings (SSSR count). The molecule has 0 heterocycles. The van der Waals surface area contributed by atoms with Crippen LogP contribution in [0.2, 0.25) is 0 Å². The van der Waals surface area contributed by atoms with E-state index in [0.29, 0.717) is 11.7 Å². The molecule has 0 bridgehead atoms. The van der Waals surface area contributed by atoms with Gasteiger partial charge in [0.1, 0.15) is 5.75 Å². The molecule has 0 radical (unpaired) electrons. The number of carbonyl (C=O) groups excluding carboxylic acids is 1. The molecular formula is C14H21NO3. The molecule has 0 aliphatic carbocycles.